The van der Waals surface area contributed by atoms with Crippen LogP contribution in [0.1, 0.15) is 0 Å². The van der Waals surface area contributed by atoms with Crippen molar-refractivity contribution in [3.8, 4) is 0 Å². The molecule has 0 saturated heterocycles. The Balaban J connectivity index is 2.48. The fourth-order valence-electron chi connectivity index (χ4n) is 0.518. The highest BCUT2D eigenvalue weighted by molar-refractivity contribution is 5.80. The zero-order valence-electron chi connectivity index (χ0n) is 4.20. The number of nitrogens with zero attached hydrogens (tertiary/aromatic N) is 2. The SMILES string of the molecule is O=C([O-])N1C=NCC1. The van der Waals surface area contributed by atoms with Gasteiger partial charge in [-0.25, -0.2) is 0 Å². The standard InChI is InChI=1S/C4H6N2O2/c7-4(8)6-2-1-5-3-6/h3H,1-2H2,(H,7,8)/p-1. The summed E-state index contributed by atoms with van der Waals surface area (Å²) in [6, 6.07) is 0. The average molecular weight is 113 g/mol. The molecule has 4 nitrogen and oxygen atoms in total. The summed E-state index contributed by atoms with van der Waals surface area (Å²) < 4.78 is 0. The highest BCUT2D eigenvalue weighted by atomic mass is 16.4. The first-order valence-electron chi connectivity index (χ1n) is 2.28. The minimum atomic E-state index is -1.17. The average Bonchev–Trinajstić information content (AvgIpc) is 2.12. The van der Waals surface area contributed by atoms with Crippen LogP contribution in [-0.4, -0.2) is 30.4 Å². The number of carbonyl (C=O) groups excluding carboxylic acids is 1. The summed E-state index contributed by atoms with van der Waals surface area (Å²) in [6.07, 6.45) is 0.0984. The summed E-state index contributed by atoms with van der Waals surface area (Å²) in [5, 5.41) is 9.93. The number of carbonyl (C=O) groups is 1. The molecule has 44 valence electrons. The Labute approximate surface area is 46.4 Å². The molecular weight excluding hydrogens is 108 g/mol. The van der Waals surface area contributed by atoms with Crippen molar-refractivity contribution in [2.24, 2.45) is 4.99 Å². The third kappa shape index (κ3) is 0.776. The van der Waals surface area contributed by atoms with Crippen LogP contribution in [0.4, 0.5) is 4.79 Å². The molecule has 0 radical (unpaired) electrons. The molecule has 8 heavy (non-hydrogen) atoms. The molecule has 1 amide bonds. The first kappa shape index (κ1) is 5.08. The van der Waals surface area contributed by atoms with Crippen LogP contribution in [0, 0.1) is 0 Å². The van der Waals surface area contributed by atoms with E-state index in [1.54, 1.807) is 0 Å². The van der Waals surface area contributed by atoms with Gasteiger partial charge in [0.1, 0.15) is 6.09 Å². The van der Waals surface area contributed by atoms with Crippen molar-refractivity contribution in [1.29, 1.82) is 0 Å². The van der Waals surface area contributed by atoms with Crippen molar-refractivity contribution in [3.05, 3.63) is 0 Å². The lowest BCUT2D eigenvalue weighted by atomic mass is 10.6. The Kier molecular flexibility index (Phi) is 1.15. The van der Waals surface area contributed by atoms with Gasteiger partial charge in [-0.3, -0.25) is 4.99 Å². The van der Waals surface area contributed by atoms with Crippen molar-refractivity contribution in [1.82, 2.24) is 4.90 Å². The second-order valence-electron chi connectivity index (χ2n) is 1.48. The summed E-state index contributed by atoms with van der Waals surface area (Å²) in [7, 11) is 0. The first-order chi connectivity index (χ1) is 3.80. The van der Waals surface area contributed by atoms with E-state index in [1.165, 1.54) is 6.34 Å². The maximum Gasteiger partial charge on any atom is 0.142 e. The fourth-order valence-corrected chi connectivity index (χ4v) is 0.518. The van der Waals surface area contributed by atoms with Crippen molar-refractivity contribution in [2.45, 2.75) is 0 Å². The molecule has 0 fully saturated rings. The molecule has 0 aromatic heterocycles. The van der Waals surface area contributed by atoms with E-state index in [4.69, 9.17) is 0 Å². The summed E-state index contributed by atoms with van der Waals surface area (Å²) in [6.45, 7) is 1.01. The molecule has 1 rings (SSSR count). The molecule has 0 N–H and O–H groups in total. The van der Waals surface area contributed by atoms with Gasteiger partial charge in [0.25, 0.3) is 0 Å². The van der Waals surface area contributed by atoms with Gasteiger partial charge in [-0.2, -0.15) is 0 Å². The molecule has 0 saturated carbocycles. The van der Waals surface area contributed by atoms with E-state index < -0.39 is 6.09 Å². The van der Waals surface area contributed by atoms with Gasteiger partial charge in [-0.15, -0.1) is 0 Å². The van der Waals surface area contributed by atoms with Crippen LogP contribution in [0.2, 0.25) is 0 Å². The summed E-state index contributed by atoms with van der Waals surface area (Å²) in [5.41, 5.74) is 0. The van der Waals surface area contributed by atoms with Crippen LogP contribution in [0.3, 0.4) is 0 Å². The zero-order valence-corrected chi connectivity index (χ0v) is 4.20. The molecule has 1 aliphatic heterocycles. The molecule has 0 spiro atoms. The molecule has 0 atom stereocenters. The topological polar surface area (TPSA) is 55.7 Å². The monoisotopic (exact) mass is 113 g/mol. The highest BCUT2D eigenvalue weighted by Crippen LogP contribution is 1.89. The number of hydrogen-bond donors (Lipinski definition) is 0. The molecule has 1 aliphatic rings. The van der Waals surface area contributed by atoms with E-state index in [2.05, 4.69) is 4.99 Å². The zero-order chi connectivity index (χ0) is 5.98. The van der Waals surface area contributed by atoms with E-state index >= 15 is 0 Å². The number of amides is 1. The minimum Gasteiger partial charge on any atom is -0.530 e. The molecule has 0 aliphatic carbocycles. The van der Waals surface area contributed by atoms with Crippen LogP contribution in [0.25, 0.3) is 0 Å². The Hall–Kier alpha value is -1.06. The van der Waals surface area contributed by atoms with E-state index in [0.29, 0.717) is 13.1 Å². The number of hydrogen-bond acceptors (Lipinski definition) is 3. The lowest BCUT2D eigenvalue weighted by Gasteiger charge is -2.12. The third-order valence-corrected chi connectivity index (χ3v) is 0.926. The third-order valence-electron chi connectivity index (χ3n) is 0.926. The largest absolute Gasteiger partial charge is 0.530 e. The summed E-state index contributed by atoms with van der Waals surface area (Å²) in [5.74, 6) is 0. The maximum absolute atomic E-state index is 9.93. The van der Waals surface area contributed by atoms with E-state index in [9.17, 15) is 9.90 Å². The Morgan fingerprint density at radius 3 is 2.88 bits per heavy atom. The molecule has 4 heteroatoms. The lowest BCUT2D eigenvalue weighted by molar-refractivity contribution is -0.259. The van der Waals surface area contributed by atoms with Gasteiger partial charge in [0.05, 0.1) is 12.9 Å². The van der Waals surface area contributed by atoms with Gasteiger partial charge in [-0.05, 0) is 0 Å². The predicted octanol–water partition coefficient (Wildman–Crippen LogP) is -1.33. The van der Waals surface area contributed by atoms with Gasteiger partial charge >= 0.3 is 0 Å². The van der Waals surface area contributed by atoms with Crippen molar-refractivity contribution in [2.75, 3.05) is 13.1 Å². The normalized spacial score (nSPS) is 17.2. The number of aliphatic imine (C=N–C) groups is 1. The lowest BCUT2D eigenvalue weighted by Crippen LogP contribution is -2.39. The quantitative estimate of drug-likeness (QED) is 0.391. The van der Waals surface area contributed by atoms with Crippen LogP contribution in [-0.2, 0) is 0 Å². The van der Waals surface area contributed by atoms with Crippen LogP contribution >= 0.6 is 0 Å². The highest BCUT2D eigenvalue weighted by Gasteiger charge is 2.03. The van der Waals surface area contributed by atoms with Gasteiger partial charge in [-0.1, -0.05) is 0 Å². The molecule has 0 bridgehead atoms. The number of rotatable bonds is 0. The van der Waals surface area contributed by atoms with Crippen molar-refractivity contribution >= 4 is 12.4 Å². The summed E-state index contributed by atoms with van der Waals surface area (Å²) in [4.78, 5) is 14.6. The fraction of sp³-hybridized carbons (Fsp3) is 0.500. The summed E-state index contributed by atoms with van der Waals surface area (Å²) >= 11 is 0. The Morgan fingerprint density at radius 1 is 1.88 bits per heavy atom. The van der Waals surface area contributed by atoms with Gasteiger partial charge in [0, 0.05) is 6.54 Å². The van der Waals surface area contributed by atoms with E-state index in [1.807, 2.05) is 0 Å². The van der Waals surface area contributed by atoms with Crippen LogP contribution in [0.5, 0.6) is 0 Å². The predicted molar refractivity (Wildman–Crippen MR) is 25.5 cm³/mol. The smallest absolute Gasteiger partial charge is 0.142 e. The Bertz CT molecular complexity index is 132. The second-order valence-corrected chi connectivity index (χ2v) is 1.48. The molecule has 0 aromatic rings. The van der Waals surface area contributed by atoms with Gasteiger partial charge in [0.2, 0.25) is 0 Å². The van der Waals surface area contributed by atoms with Crippen LogP contribution in [0.15, 0.2) is 4.99 Å². The van der Waals surface area contributed by atoms with E-state index in [0.717, 1.165) is 4.90 Å². The van der Waals surface area contributed by atoms with Crippen molar-refractivity contribution < 1.29 is 9.90 Å². The molecule has 0 unspecified atom stereocenters. The van der Waals surface area contributed by atoms with Gasteiger partial charge in [0.15, 0.2) is 0 Å². The van der Waals surface area contributed by atoms with Crippen molar-refractivity contribution in [3.63, 3.8) is 0 Å². The van der Waals surface area contributed by atoms with Gasteiger partial charge < -0.3 is 14.8 Å². The van der Waals surface area contributed by atoms with E-state index in [-0.39, 0.29) is 0 Å². The second kappa shape index (κ2) is 1.81. The Morgan fingerprint density at radius 2 is 2.62 bits per heavy atom. The maximum atomic E-state index is 9.93. The van der Waals surface area contributed by atoms with Crippen LogP contribution < -0.4 is 5.11 Å². The number of carboxylic acid groups (broad SMARTS) is 1. The minimum absolute atomic E-state index is 0.447. The molecule has 0 aromatic carbocycles. The molecule has 1 heterocycles. The first-order valence-corrected chi connectivity index (χ1v) is 2.28. The molecular formula is C4H5N2O2-.